The minimum Gasteiger partial charge on any atom is -0.467 e. The molecule has 0 spiro atoms. The molecular formula is C19H18ClF3N4O4. The van der Waals surface area contributed by atoms with Gasteiger partial charge in [0.15, 0.2) is 6.61 Å². The van der Waals surface area contributed by atoms with Crippen molar-refractivity contribution in [3.05, 3.63) is 51.9 Å². The van der Waals surface area contributed by atoms with Crippen LogP contribution in [0.3, 0.4) is 0 Å². The second-order valence-corrected chi connectivity index (χ2v) is 7.14. The van der Waals surface area contributed by atoms with Crippen LogP contribution in [-0.2, 0) is 24.3 Å². The molecule has 3 heterocycles. The summed E-state index contributed by atoms with van der Waals surface area (Å²) < 4.78 is 41.4. The number of amides is 2. The summed E-state index contributed by atoms with van der Waals surface area (Å²) in [5, 5.41) is 11.2. The predicted octanol–water partition coefficient (Wildman–Crippen LogP) is 1.88. The Bertz CT molecular complexity index is 987. The zero-order valence-corrected chi connectivity index (χ0v) is 16.8. The lowest BCUT2D eigenvalue weighted by Gasteiger charge is -2.16. The van der Waals surface area contributed by atoms with E-state index in [0.717, 1.165) is 0 Å². The number of aliphatic hydroxyl groups excluding tert-OH is 1. The molecule has 2 N–H and O–H groups in total. The van der Waals surface area contributed by atoms with Gasteiger partial charge in [-0.2, -0.15) is 13.2 Å². The fourth-order valence-electron chi connectivity index (χ4n) is 3.06. The second kappa shape index (κ2) is 9.48. The molecule has 3 rings (SSSR count). The monoisotopic (exact) mass is 458 g/mol. The van der Waals surface area contributed by atoms with E-state index in [0.29, 0.717) is 22.4 Å². The van der Waals surface area contributed by atoms with Gasteiger partial charge in [-0.25, -0.2) is 4.98 Å². The van der Waals surface area contributed by atoms with Gasteiger partial charge < -0.3 is 20.1 Å². The highest BCUT2D eigenvalue weighted by Gasteiger charge is 2.31. The van der Waals surface area contributed by atoms with Gasteiger partial charge >= 0.3 is 6.18 Å². The number of nitrogens with zero attached hydrogens (tertiary/aromatic N) is 3. The van der Waals surface area contributed by atoms with Crippen molar-refractivity contribution in [2.75, 3.05) is 19.8 Å². The van der Waals surface area contributed by atoms with E-state index in [1.807, 2.05) is 0 Å². The Kier molecular flexibility index (Phi) is 6.96. The number of alkyl halides is 3. The van der Waals surface area contributed by atoms with Gasteiger partial charge in [0.25, 0.3) is 5.91 Å². The van der Waals surface area contributed by atoms with Gasteiger partial charge in [-0.1, -0.05) is 11.6 Å². The lowest BCUT2D eigenvalue weighted by Crippen LogP contribution is -2.28. The van der Waals surface area contributed by atoms with E-state index in [-0.39, 0.29) is 55.4 Å². The van der Waals surface area contributed by atoms with Crippen LogP contribution in [0, 0.1) is 0 Å². The molecule has 2 aromatic heterocycles. The number of rotatable bonds is 8. The van der Waals surface area contributed by atoms with Gasteiger partial charge in [0.05, 0.1) is 18.7 Å². The standard InChI is InChI=1S/C19H18ClF3N4O4/c20-14-5-11(7-26-17(14)31-10-19(21,22)23)8-27-9-13-12(18(27)30)1-2-24-15(13)6-16(29)25-3-4-28/h1-2,5,7,28H,3-4,6,8-10H2,(H,25,29). The van der Waals surface area contributed by atoms with Crippen LogP contribution >= 0.6 is 11.6 Å². The molecule has 0 aliphatic carbocycles. The van der Waals surface area contributed by atoms with E-state index in [1.165, 1.54) is 23.4 Å². The molecule has 2 aromatic rings. The van der Waals surface area contributed by atoms with Crippen LogP contribution in [-0.4, -0.2) is 57.7 Å². The van der Waals surface area contributed by atoms with Gasteiger partial charge in [-0.15, -0.1) is 0 Å². The predicted molar refractivity (Wildman–Crippen MR) is 102 cm³/mol. The average molecular weight is 459 g/mol. The summed E-state index contributed by atoms with van der Waals surface area (Å²) >= 11 is 5.96. The number of pyridine rings is 2. The smallest absolute Gasteiger partial charge is 0.422 e. The van der Waals surface area contributed by atoms with E-state index in [1.54, 1.807) is 6.07 Å². The Balaban J connectivity index is 1.69. The average Bonchev–Trinajstić information content (AvgIpc) is 3.02. The molecule has 166 valence electrons. The first-order chi connectivity index (χ1) is 14.7. The fourth-order valence-corrected chi connectivity index (χ4v) is 3.31. The molecule has 0 atom stereocenters. The van der Waals surface area contributed by atoms with Gasteiger partial charge in [0.2, 0.25) is 11.8 Å². The Morgan fingerprint density at radius 2 is 2.13 bits per heavy atom. The molecular weight excluding hydrogens is 441 g/mol. The van der Waals surface area contributed by atoms with E-state index in [4.69, 9.17) is 16.7 Å². The molecule has 0 saturated carbocycles. The SMILES string of the molecule is O=C(Cc1nccc2c1CN(Cc1cnc(OCC(F)(F)F)c(Cl)c1)C2=O)NCCO. The zero-order chi connectivity index (χ0) is 22.6. The third kappa shape index (κ3) is 5.82. The molecule has 2 amide bonds. The first-order valence-corrected chi connectivity index (χ1v) is 9.53. The molecule has 0 fully saturated rings. The van der Waals surface area contributed by atoms with Gasteiger partial charge in [0.1, 0.15) is 5.02 Å². The van der Waals surface area contributed by atoms with Crippen molar-refractivity contribution in [3.8, 4) is 5.88 Å². The molecule has 12 heteroatoms. The molecule has 0 radical (unpaired) electrons. The number of ether oxygens (including phenoxy) is 1. The van der Waals surface area contributed by atoms with Crippen LogP contribution in [0.15, 0.2) is 24.5 Å². The summed E-state index contributed by atoms with van der Waals surface area (Å²) in [4.78, 5) is 34.2. The number of hydrogen-bond acceptors (Lipinski definition) is 6. The molecule has 0 saturated heterocycles. The molecule has 1 aliphatic rings. The summed E-state index contributed by atoms with van der Waals surface area (Å²) in [6.45, 7) is -1.27. The van der Waals surface area contributed by atoms with Crippen LogP contribution < -0.4 is 10.1 Å². The Morgan fingerprint density at radius 1 is 1.35 bits per heavy atom. The summed E-state index contributed by atoms with van der Waals surface area (Å²) in [5.41, 5.74) is 2.00. The van der Waals surface area contributed by atoms with E-state index < -0.39 is 12.8 Å². The normalized spacial score (nSPS) is 13.3. The lowest BCUT2D eigenvalue weighted by molar-refractivity contribution is -0.154. The van der Waals surface area contributed by atoms with Gasteiger partial charge in [-0.05, 0) is 17.7 Å². The number of carbonyl (C=O) groups is 2. The topological polar surface area (TPSA) is 105 Å². The number of carbonyl (C=O) groups excluding carboxylic acids is 2. The van der Waals surface area contributed by atoms with Crippen LogP contribution in [0.25, 0.3) is 0 Å². The molecule has 1 aliphatic heterocycles. The second-order valence-electron chi connectivity index (χ2n) is 6.73. The number of aliphatic hydroxyl groups is 1. The highest BCUT2D eigenvalue weighted by molar-refractivity contribution is 6.31. The third-order valence-electron chi connectivity index (χ3n) is 4.38. The van der Waals surface area contributed by atoms with E-state index in [9.17, 15) is 22.8 Å². The van der Waals surface area contributed by atoms with Crippen molar-refractivity contribution in [1.82, 2.24) is 20.2 Å². The van der Waals surface area contributed by atoms with Gasteiger partial charge in [-0.3, -0.25) is 14.6 Å². The molecule has 31 heavy (non-hydrogen) atoms. The quantitative estimate of drug-likeness (QED) is 0.626. The van der Waals surface area contributed by atoms with Crippen molar-refractivity contribution in [2.45, 2.75) is 25.7 Å². The van der Waals surface area contributed by atoms with Gasteiger partial charge in [0, 0.05) is 43.2 Å². The lowest BCUT2D eigenvalue weighted by atomic mass is 10.1. The largest absolute Gasteiger partial charge is 0.467 e. The minimum atomic E-state index is -4.52. The molecule has 0 unspecified atom stereocenters. The maximum absolute atomic E-state index is 12.7. The first kappa shape index (κ1) is 22.8. The van der Waals surface area contributed by atoms with Crippen molar-refractivity contribution < 1.29 is 32.6 Å². The molecule has 0 bridgehead atoms. The first-order valence-electron chi connectivity index (χ1n) is 9.15. The number of aromatic nitrogens is 2. The van der Waals surface area contributed by atoms with Crippen LogP contribution in [0.2, 0.25) is 5.02 Å². The van der Waals surface area contributed by atoms with Crippen LogP contribution in [0.1, 0.15) is 27.2 Å². The Hall–Kier alpha value is -2.92. The van der Waals surface area contributed by atoms with Crippen molar-refractivity contribution >= 4 is 23.4 Å². The summed E-state index contributed by atoms with van der Waals surface area (Å²) in [5.74, 6) is -0.951. The van der Waals surface area contributed by atoms with Crippen LogP contribution in [0.5, 0.6) is 5.88 Å². The highest BCUT2D eigenvalue weighted by atomic mass is 35.5. The number of fused-ring (bicyclic) bond motifs is 1. The van der Waals surface area contributed by atoms with Crippen molar-refractivity contribution in [1.29, 1.82) is 0 Å². The Labute approximate surface area is 180 Å². The maximum Gasteiger partial charge on any atom is 0.422 e. The third-order valence-corrected chi connectivity index (χ3v) is 4.65. The zero-order valence-electron chi connectivity index (χ0n) is 16.1. The number of nitrogens with one attached hydrogen (secondary N) is 1. The fraction of sp³-hybridized carbons (Fsp3) is 0.368. The van der Waals surface area contributed by atoms with Crippen molar-refractivity contribution in [3.63, 3.8) is 0 Å². The minimum absolute atomic E-state index is 0.0388. The van der Waals surface area contributed by atoms with Crippen LogP contribution in [0.4, 0.5) is 13.2 Å². The molecule has 8 nitrogen and oxygen atoms in total. The summed E-state index contributed by atoms with van der Waals surface area (Å²) in [6, 6.07) is 2.95. The number of halogens is 4. The highest BCUT2D eigenvalue weighted by Crippen LogP contribution is 2.29. The van der Waals surface area contributed by atoms with E-state index >= 15 is 0 Å². The summed E-state index contributed by atoms with van der Waals surface area (Å²) in [6.07, 6.45) is -1.82. The Morgan fingerprint density at radius 3 is 2.81 bits per heavy atom. The van der Waals surface area contributed by atoms with Crippen molar-refractivity contribution in [2.24, 2.45) is 0 Å². The number of hydrogen-bond donors (Lipinski definition) is 2. The maximum atomic E-state index is 12.7. The summed E-state index contributed by atoms with van der Waals surface area (Å²) in [7, 11) is 0. The van der Waals surface area contributed by atoms with E-state index in [2.05, 4.69) is 20.0 Å². The molecule has 0 aromatic carbocycles.